The van der Waals surface area contributed by atoms with E-state index >= 15 is 0 Å². The highest BCUT2D eigenvalue weighted by atomic mass is 32.2. The molecule has 2 aliphatic carbocycles. The number of nitrogens with two attached hydrogens (primary N) is 1. The molecule has 1 unspecified atom stereocenters. The van der Waals surface area contributed by atoms with Gasteiger partial charge in [0.05, 0.1) is 6.54 Å². The van der Waals surface area contributed by atoms with Crippen LogP contribution in [0, 0.1) is 0 Å². The summed E-state index contributed by atoms with van der Waals surface area (Å²) in [5, 5.41) is 8.86. The lowest BCUT2D eigenvalue weighted by Crippen LogP contribution is -2.33. The summed E-state index contributed by atoms with van der Waals surface area (Å²) in [6.45, 7) is 0.589. The van der Waals surface area contributed by atoms with Crippen molar-refractivity contribution in [1.29, 1.82) is 0 Å². The summed E-state index contributed by atoms with van der Waals surface area (Å²) in [6.07, 6.45) is 3.13. The Morgan fingerprint density at radius 1 is 1.16 bits per heavy atom. The van der Waals surface area contributed by atoms with E-state index in [2.05, 4.69) is 15.7 Å². The van der Waals surface area contributed by atoms with Gasteiger partial charge < -0.3 is 5.32 Å². The Morgan fingerprint density at radius 3 is 2.68 bits per heavy atom. The molecule has 1 aromatic carbocycles. The van der Waals surface area contributed by atoms with Crippen LogP contribution in [0.2, 0.25) is 0 Å². The van der Waals surface area contributed by atoms with E-state index in [0.717, 1.165) is 59.4 Å². The number of hydrogen-bond donors (Lipinski definition) is 2. The Balaban J connectivity index is 1.38. The van der Waals surface area contributed by atoms with Crippen LogP contribution in [-0.2, 0) is 48.6 Å². The quantitative estimate of drug-likeness (QED) is 0.717. The smallest absolute Gasteiger partial charge is 0.305 e. The topological polar surface area (TPSA) is 87.8 Å². The van der Waals surface area contributed by atoms with Crippen LogP contribution in [0.15, 0.2) is 20.7 Å². The van der Waals surface area contributed by atoms with E-state index in [1.54, 1.807) is 11.0 Å². The van der Waals surface area contributed by atoms with Gasteiger partial charge in [0.25, 0.3) is 6.43 Å². The van der Waals surface area contributed by atoms with Crippen LogP contribution >= 0.6 is 11.3 Å². The van der Waals surface area contributed by atoms with Gasteiger partial charge in [-0.1, -0.05) is 6.07 Å². The number of aryl methyl sites for hydroxylation is 2. The third-order valence-electron chi connectivity index (χ3n) is 6.30. The van der Waals surface area contributed by atoms with Crippen LogP contribution < -0.4 is 10.5 Å². The number of amides is 2. The molecule has 2 aromatic rings. The van der Waals surface area contributed by atoms with Gasteiger partial charge in [-0.3, -0.25) is 4.90 Å². The third-order valence-corrected chi connectivity index (χ3v) is 9.43. The molecular formula is C21H24F2N4O2S2. The zero-order valence-corrected chi connectivity index (χ0v) is 18.6. The van der Waals surface area contributed by atoms with Crippen molar-refractivity contribution in [1.82, 2.24) is 4.90 Å². The average molecular weight is 467 g/mol. The molecule has 2 heterocycles. The second-order valence-electron chi connectivity index (χ2n) is 8.36. The van der Waals surface area contributed by atoms with Gasteiger partial charge in [0.1, 0.15) is 4.21 Å². The maximum atomic E-state index is 13.1. The summed E-state index contributed by atoms with van der Waals surface area (Å²) >= 11 is 1.26. The molecule has 0 saturated heterocycles. The van der Waals surface area contributed by atoms with Crippen molar-refractivity contribution in [3.63, 3.8) is 0 Å². The number of carbonyl (C=O) groups excluding carboxylic acids is 1. The van der Waals surface area contributed by atoms with Crippen molar-refractivity contribution in [2.45, 2.75) is 55.7 Å². The van der Waals surface area contributed by atoms with Crippen molar-refractivity contribution >= 4 is 33.0 Å². The highest BCUT2D eigenvalue weighted by Crippen LogP contribution is 2.40. The minimum Gasteiger partial charge on any atom is -0.305 e. The number of anilines is 1. The Kier molecular flexibility index (Phi) is 5.36. The number of fused-ring (bicyclic) bond motifs is 3. The highest BCUT2D eigenvalue weighted by Gasteiger charge is 2.28. The lowest BCUT2D eigenvalue weighted by molar-refractivity contribution is 0.0824. The zero-order chi connectivity index (χ0) is 21.8. The fourth-order valence-corrected chi connectivity index (χ4v) is 7.23. The number of alkyl halides is 2. The molecule has 1 aliphatic heterocycles. The molecule has 5 rings (SSSR count). The second-order valence-corrected chi connectivity index (χ2v) is 11.5. The maximum absolute atomic E-state index is 13.1. The molecule has 2 amide bonds. The number of thiophene rings is 1. The summed E-state index contributed by atoms with van der Waals surface area (Å²) in [4.78, 5) is 15.3. The first-order valence-corrected chi connectivity index (χ1v) is 12.8. The molecule has 6 nitrogen and oxygen atoms in total. The SMILES string of the molecule is NS(=O)(=NC(=O)Nc1c2c(cc3c1CC3)CCC2)c1cc2c(s1)CCN(CC(F)F)C2. The zero-order valence-electron chi connectivity index (χ0n) is 17.0. The van der Waals surface area contributed by atoms with Crippen LogP contribution in [0.25, 0.3) is 0 Å². The molecule has 31 heavy (non-hydrogen) atoms. The minimum atomic E-state index is -3.42. The molecule has 3 N–H and O–H groups in total. The molecule has 3 aliphatic rings. The largest absolute Gasteiger partial charge is 0.354 e. The molecule has 166 valence electrons. The maximum Gasteiger partial charge on any atom is 0.354 e. The number of urea groups is 1. The van der Waals surface area contributed by atoms with Gasteiger partial charge in [-0.15, -0.1) is 15.7 Å². The normalized spacial score (nSPS) is 19.2. The van der Waals surface area contributed by atoms with Crippen molar-refractivity contribution in [2.75, 3.05) is 18.4 Å². The van der Waals surface area contributed by atoms with E-state index in [1.165, 1.54) is 22.5 Å². The van der Waals surface area contributed by atoms with Crippen molar-refractivity contribution in [3.8, 4) is 0 Å². The van der Waals surface area contributed by atoms with E-state index in [1.807, 2.05) is 0 Å². The lowest BCUT2D eigenvalue weighted by atomic mass is 9.83. The van der Waals surface area contributed by atoms with Crippen LogP contribution in [0.3, 0.4) is 0 Å². The van der Waals surface area contributed by atoms with E-state index in [4.69, 9.17) is 5.14 Å². The summed E-state index contributed by atoms with van der Waals surface area (Å²) in [7, 11) is -3.42. The number of carbonyl (C=O) groups is 1. The van der Waals surface area contributed by atoms with Crippen LogP contribution in [-0.4, -0.2) is 34.7 Å². The molecular weight excluding hydrogens is 442 g/mol. The van der Waals surface area contributed by atoms with Crippen molar-refractivity contribution < 1.29 is 17.8 Å². The summed E-state index contributed by atoms with van der Waals surface area (Å²) in [6, 6.07) is 3.20. The number of nitrogens with zero attached hydrogens (tertiary/aromatic N) is 2. The summed E-state index contributed by atoms with van der Waals surface area (Å²) < 4.78 is 42.6. The van der Waals surface area contributed by atoms with Crippen molar-refractivity contribution in [2.24, 2.45) is 9.50 Å². The standard InChI is InChI=1S/C21H24F2N4O2S2/c22-18(23)11-27-7-6-17-14(10-27)9-19(30-17)31(24,29)26-21(28)25-20-15-3-1-2-12(15)8-13-4-5-16(13)20/h8-9,18H,1-7,10-11H2,(H3,24,25,26,28,29). The summed E-state index contributed by atoms with van der Waals surface area (Å²) in [5.41, 5.74) is 6.52. The fraction of sp³-hybridized carbons (Fsp3) is 0.476. The lowest BCUT2D eigenvalue weighted by Gasteiger charge is -2.25. The number of hydrogen-bond acceptors (Lipinski definition) is 4. The Morgan fingerprint density at radius 2 is 1.94 bits per heavy atom. The Labute approximate surface area is 184 Å². The Bertz CT molecular complexity index is 1180. The van der Waals surface area contributed by atoms with Gasteiger partial charge >= 0.3 is 6.03 Å². The average Bonchev–Trinajstić information content (AvgIpc) is 3.30. The van der Waals surface area contributed by atoms with Gasteiger partial charge in [-0.2, -0.15) is 0 Å². The number of rotatable bonds is 4. The number of halogens is 2. The molecule has 0 saturated carbocycles. The van der Waals surface area contributed by atoms with Gasteiger partial charge in [-0.05, 0) is 72.4 Å². The van der Waals surface area contributed by atoms with Crippen LogP contribution in [0.1, 0.15) is 39.1 Å². The third kappa shape index (κ3) is 4.02. The monoisotopic (exact) mass is 466 g/mol. The molecule has 1 aromatic heterocycles. The predicted octanol–water partition coefficient (Wildman–Crippen LogP) is 3.89. The summed E-state index contributed by atoms with van der Waals surface area (Å²) in [5.74, 6) is 0. The first kappa shape index (κ1) is 21.0. The van der Waals surface area contributed by atoms with E-state index < -0.39 is 22.4 Å². The molecule has 0 radical (unpaired) electrons. The van der Waals surface area contributed by atoms with Crippen molar-refractivity contribution in [3.05, 3.63) is 44.8 Å². The predicted molar refractivity (Wildman–Crippen MR) is 117 cm³/mol. The highest BCUT2D eigenvalue weighted by molar-refractivity contribution is 7.93. The molecule has 10 heteroatoms. The number of benzene rings is 1. The van der Waals surface area contributed by atoms with Gasteiger partial charge in [0.15, 0.2) is 9.92 Å². The molecule has 0 bridgehead atoms. The second kappa shape index (κ2) is 7.91. The first-order valence-electron chi connectivity index (χ1n) is 10.4. The van der Waals surface area contributed by atoms with Gasteiger partial charge in [0, 0.05) is 23.7 Å². The number of nitrogens with one attached hydrogen (secondary N) is 1. The van der Waals surface area contributed by atoms with Crippen LogP contribution in [0.5, 0.6) is 0 Å². The molecule has 0 spiro atoms. The van der Waals surface area contributed by atoms with E-state index in [9.17, 15) is 17.8 Å². The van der Waals surface area contributed by atoms with Crippen LogP contribution in [0.4, 0.5) is 19.3 Å². The molecule has 1 atom stereocenters. The van der Waals surface area contributed by atoms with Gasteiger partial charge in [-0.25, -0.2) is 22.9 Å². The molecule has 0 fully saturated rings. The minimum absolute atomic E-state index is 0.291. The van der Waals surface area contributed by atoms with E-state index in [-0.39, 0.29) is 6.54 Å². The first-order chi connectivity index (χ1) is 14.8. The fourth-order valence-electron chi connectivity index (χ4n) is 4.75. The Hall–Kier alpha value is -1.88. The van der Waals surface area contributed by atoms with Gasteiger partial charge in [0.2, 0.25) is 0 Å². The van der Waals surface area contributed by atoms with E-state index in [0.29, 0.717) is 23.7 Å².